The van der Waals surface area contributed by atoms with Crippen LogP contribution in [0.5, 0.6) is 0 Å². The third-order valence-electron chi connectivity index (χ3n) is 4.72. The Kier molecular flexibility index (Phi) is 4.93. The van der Waals surface area contributed by atoms with Crippen molar-refractivity contribution in [1.82, 2.24) is 19.5 Å². The van der Waals surface area contributed by atoms with Gasteiger partial charge in [0, 0.05) is 19.3 Å². The quantitative estimate of drug-likeness (QED) is 0.655. The van der Waals surface area contributed by atoms with Gasteiger partial charge in [-0.2, -0.15) is 9.97 Å². The van der Waals surface area contributed by atoms with Gasteiger partial charge in [-0.3, -0.25) is 4.57 Å². The van der Waals surface area contributed by atoms with Crippen molar-refractivity contribution in [3.63, 3.8) is 0 Å². The zero-order chi connectivity index (χ0) is 18.3. The van der Waals surface area contributed by atoms with Gasteiger partial charge in [-0.1, -0.05) is 0 Å². The van der Waals surface area contributed by atoms with Crippen LogP contribution in [0.1, 0.15) is 19.1 Å². The third kappa shape index (κ3) is 3.12. The number of nitrogens with zero attached hydrogens (tertiary/aromatic N) is 4. The Labute approximate surface area is 153 Å². The highest BCUT2D eigenvalue weighted by atomic mass is 35.5. The van der Waals surface area contributed by atoms with Crippen molar-refractivity contribution in [1.29, 1.82) is 0 Å². The van der Waals surface area contributed by atoms with Crippen LogP contribution in [-0.2, 0) is 9.47 Å². The lowest BCUT2D eigenvalue weighted by Crippen LogP contribution is -2.32. The fraction of sp³-hybridized carbons (Fsp3) is 0.667. The molecule has 2 saturated heterocycles. The lowest BCUT2D eigenvalue weighted by atomic mass is 10.1. The zero-order valence-electron chi connectivity index (χ0n) is 13.8. The summed E-state index contributed by atoms with van der Waals surface area (Å²) in [5, 5.41) is 23.4. The molecular weight excluding hydrogens is 369 g/mol. The molecule has 0 saturated carbocycles. The normalized spacial score (nSPS) is 30.2. The fourth-order valence-corrected chi connectivity index (χ4v) is 3.46. The number of aliphatic hydroxyl groups is 2. The first kappa shape index (κ1) is 17.8. The molecule has 2 aromatic rings. The van der Waals surface area contributed by atoms with E-state index in [4.69, 9.17) is 21.1 Å². The second kappa shape index (κ2) is 7.20. The average molecular weight is 388 g/mol. The molecule has 4 rings (SSSR count). The molecule has 2 fully saturated rings. The summed E-state index contributed by atoms with van der Waals surface area (Å²) in [5.74, 6) is 0.473. The number of imidazole rings is 1. The second-order valence-corrected chi connectivity index (χ2v) is 6.73. The molecule has 3 N–H and O–H groups in total. The largest absolute Gasteiger partial charge is 0.387 e. The molecule has 26 heavy (non-hydrogen) atoms. The maximum absolute atomic E-state index is 13.0. The predicted molar refractivity (Wildman–Crippen MR) is 89.7 cm³/mol. The molecule has 0 bridgehead atoms. The summed E-state index contributed by atoms with van der Waals surface area (Å²) in [4.78, 5) is 12.7. The van der Waals surface area contributed by atoms with Crippen molar-refractivity contribution in [2.45, 2.75) is 43.4 Å². The van der Waals surface area contributed by atoms with Crippen LogP contribution in [0.2, 0.25) is 5.28 Å². The monoisotopic (exact) mass is 387 g/mol. The van der Waals surface area contributed by atoms with Crippen LogP contribution in [0.4, 0.5) is 10.2 Å². The van der Waals surface area contributed by atoms with Crippen LogP contribution in [0.15, 0.2) is 6.33 Å². The first-order valence-corrected chi connectivity index (χ1v) is 8.78. The van der Waals surface area contributed by atoms with E-state index in [-0.39, 0.29) is 11.3 Å². The number of rotatable bonds is 4. The number of halogens is 2. The Morgan fingerprint density at radius 3 is 2.73 bits per heavy atom. The molecule has 4 atom stereocenters. The van der Waals surface area contributed by atoms with Crippen molar-refractivity contribution in [2.24, 2.45) is 0 Å². The van der Waals surface area contributed by atoms with Gasteiger partial charge in [-0.15, -0.1) is 0 Å². The summed E-state index contributed by atoms with van der Waals surface area (Å²) in [6.07, 6.45) is -1.70. The molecule has 9 nitrogen and oxygen atoms in total. The summed E-state index contributed by atoms with van der Waals surface area (Å²) in [5.41, 5.74) is 0.783. The molecule has 0 amide bonds. The Bertz CT molecular complexity index is 787. The minimum Gasteiger partial charge on any atom is -0.387 e. The Morgan fingerprint density at radius 2 is 2.04 bits per heavy atom. The summed E-state index contributed by atoms with van der Waals surface area (Å²) in [6.45, 7) is 0.422. The van der Waals surface area contributed by atoms with E-state index in [1.165, 1.54) is 10.9 Å². The molecule has 2 aromatic heterocycles. The van der Waals surface area contributed by atoms with Gasteiger partial charge in [-0.05, 0) is 24.4 Å². The SMILES string of the molecule is O[C@@H]1[C@H](O)[C@@H](CF)O[C@H]1n1cnc2c(NC3CCOCC3)nc(Cl)nc21. The van der Waals surface area contributed by atoms with Crippen molar-refractivity contribution >= 4 is 28.6 Å². The number of nitrogens with one attached hydrogen (secondary N) is 1. The Morgan fingerprint density at radius 1 is 1.27 bits per heavy atom. The van der Waals surface area contributed by atoms with Crippen LogP contribution >= 0.6 is 11.6 Å². The first-order valence-electron chi connectivity index (χ1n) is 8.40. The van der Waals surface area contributed by atoms with Crippen molar-refractivity contribution in [3.8, 4) is 0 Å². The lowest BCUT2D eigenvalue weighted by Gasteiger charge is -2.23. The molecule has 0 radical (unpaired) electrons. The summed E-state index contributed by atoms with van der Waals surface area (Å²) >= 11 is 6.06. The van der Waals surface area contributed by atoms with Crippen molar-refractivity contribution in [2.75, 3.05) is 25.2 Å². The molecule has 4 heterocycles. The van der Waals surface area contributed by atoms with E-state index in [9.17, 15) is 14.6 Å². The molecule has 0 unspecified atom stereocenters. The zero-order valence-corrected chi connectivity index (χ0v) is 14.5. The predicted octanol–water partition coefficient (Wildman–Crippen LogP) is 0.659. The van der Waals surface area contributed by atoms with Gasteiger partial charge in [0.1, 0.15) is 25.0 Å². The van der Waals surface area contributed by atoms with E-state index in [2.05, 4.69) is 20.3 Å². The van der Waals surface area contributed by atoms with E-state index in [0.29, 0.717) is 30.2 Å². The van der Waals surface area contributed by atoms with Crippen molar-refractivity contribution in [3.05, 3.63) is 11.6 Å². The standard InChI is InChI=1S/C15H19ClFN5O4/c16-15-20-12(19-7-1-3-25-4-2-7)9-13(21-15)22(6-18-9)14-11(24)10(23)8(5-17)26-14/h6-8,10-11,14,23-24H,1-5H2,(H,19,20,21)/t8-,10-,11-,14-/m1/s1. The third-order valence-corrected chi connectivity index (χ3v) is 4.89. The minimum atomic E-state index is -1.33. The number of anilines is 1. The number of alkyl halides is 1. The topological polar surface area (TPSA) is 115 Å². The van der Waals surface area contributed by atoms with E-state index in [1.807, 2.05) is 0 Å². The van der Waals surface area contributed by atoms with Gasteiger partial charge in [0.25, 0.3) is 0 Å². The van der Waals surface area contributed by atoms with Crippen molar-refractivity contribution < 1.29 is 24.1 Å². The molecule has 0 aromatic carbocycles. The maximum atomic E-state index is 13.0. The summed E-state index contributed by atoms with van der Waals surface area (Å²) in [7, 11) is 0. The molecule has 2 aliphatic rings. The van der Waals surface area contributed by atoms with Crippen LogP contribution < -0.4 is 5.32 Å². The Hall–Kier alpha value is -1.59. The van der Waals surface area contributed by atoms with Gasteiger partial charge in [0.05, 0.1) is 6.33 Å². The van der Waals surface area contributed by atoms with Gasteiger partial charge in [0.15, 0.2) is 23.2 Å². The molecule has 142 valence electrons. The number of fused-ring (bicyclic) bond motifs is 1. The average Bonchev–Trinajstić information content (AvgIpc) is 3.17. The van der Waals surface area contributed by atoms with Gasteiger partial charge < -0.3 is 25.0 Å². The van der Waals surface area contributed by atoms with Crippen LogP contribution in [-0.4, -0.2) is 74.0 Å². The van der Waals surface area contributed by atoms with E-state index in [1.54, 1.807) is 0 Å². The molecule has 2 aliphatic heterocycles. The second-order valence-electron chi connectivity index (χ2n) is 6.40. The van der Waals surface area contributed by atoms with Crippen LogP contribution in [0, 0.1) is 0 Å². The smallest absolute Gasteiger partial charge is 0.226 e. The minimum absolute atomic E-state index is 0.00360. The fourth-order valence-electron chi connectivity index (χ4n) is 3.30. The van der Waals surface area contributed by atoms with E-state index >= 15 is 0 Å². The molecular formula is C15H19ClFN5O4. The van der Waals surface area contributed by atoms with Gasteiger partial charge in [-0.25, -0.2) is 9.37 Å². The summed E-state index contributed by atoms with van der Waals surface area (Å²) < 4.78 is 25.2. The number of aliphatic hydroxyl groups excluding tert-OH is 2. The maximum Gasteiger partial charge on any atom is 0.226 e. The highest BCUT2D eigenvalue weighted by molar-refractivity contribution is 6.28. The number of hydrogen-bond acceptors (Lipinski definition) is 8. The van der Waals surface area contributed by atoms with E-state index < -0.39 is 31.2 Å². The highest BCUT2D eigenvalue weighted by Gasteiger charge is 2.44. The van der Waals surface area contributed by atoms with E-state index in [0.717, 1.165) is 12.8 Å². The van der Waals surface area contributed by atoms with Gasteiger partial charge >= 0.3 is 0 Å². The first-order chi connectivity index (χ1) is 12.6. The Balaban J connectivity index is 1.67. The number of aromatic nitrogens is 4. The van der Waals surface area contributed by atoms with Crippen LogP contribution in [0.25, 0.3) is 11.2 Å². The number of ether oxygens (including phenoxy) is 2. The number of hydrogen-bond donors (Lipinski definition) is 3. The van der Waals surface area contributed by atoms with Crippen LogP contribution in [0.3, 0.4) is 0 Å². The highest BCUT2D eigenvalue weighted by Crippen LogP contribution is 2.33. The molecule has 11 heteroatoms. The summed E-state index contributed by atoms with van der Waals surface area (Å²) in [6, 6.07) is 0.175. The lowest BCUT2D eigenvalue weighted by molar-refractivity contribution is -0.0409. The van der Waals surface area contributed by atoms with Gasteiger partial charge in [0.2, 0.25) is 5.28 Å². The molecule has 0 aliphatic carbocycles. The molecule has 0 spiro atoms.